The van der Waals surface area contributed by atoms with Crippen molar-refractivity contribution in [1.29, 1.82) is 0 Å². The van der Waals surface area contributed by atoms with Crippen molar-refractivity contribution in [2.75, 3.05) is 27.9 Å². The number of ketones is 1. The second-order valence-electron chi connectivity index (χ2n) is 7.79. The largest absolute Gasteiger partial charge is 0.493 e. The lowest BCUT2D eigenvalue weighted by atomic mass is 10.1. The monoisotopic (exact) mass is 474 g/mol. The molecule has 0 aliphatic carbocycles. The first-order chi connectivity index (χ1) is 16.9. The smallest absolute Gasteiger partial charge is 0.340 e. The number of esters is 1. The first kappa shape index (κ1) is 23.8. The van der Waals surface area contributed by atoms with Gasteiger partial charge in [-0.2, -0.15) is 5.10 Å². The third-order valence-corrected chi connectivity index (χ3v) is 5.62. The molecule has 8 nitrogen and oxygen atoms in total. The van der Waals surface area contributed by atoms with Gasteiger partial charge in [-0.05, 0) is 44.2 Å². The number of aromatic nitrogens is 2. The summed E-state index contributed by atoms with van der Waals surface area (Å²) in [6.45, 7) is 3.94. The maximum atomic E-state index is 13.7. The van der Waals surface area contributed by atoms with E-state index >= 15 is 0 Å². The van der Waals surface area contributed by atoms with E-state index in [1.54, 1.807) is 25.1 Å². The molecule has 0 saturated carbocycles. The van der Waals surface area contributed by atoms with E-state index in [0.717, 1.165) is 11.1 Å². The number of aryl methyl sites for hydroxylation is 1. The Morgan fingerprint density at radius 2 is 1.54 bits per heavy atom. The second-order valence-corrected chi connectivity index (χ2v) is 7.79. The molecule has 0 N–H and O–H groups in total. The minimum absolute atomic E-state index is 0.200. The molecule has 0 spiro atoms. The van der Waals surface area contributed by atoms with Crippen molar-refractivity contribution in [2.24, 2.45) is 0 Å². The van der Waals surface area contributed by atoms with Crippen LogP contribution < -0.4 is 14.2 Å². The van der Waals surface area contributed by atoms with Gasteiger partial charge in [0.05, 0.1) is 44.7 Å². The van der Waals surface area contributed by atoms with Crippen LogP contribution in [0.5, 0.6) is 17.2 Å². The minimum atomic E-state index is -0.529. The molecule has 0 aliphatic rings. The van der Waals surface area contributed by atoms with E-state index in [1.807, 2.05) is 37.3 Å². The van der Waals surface area contributed by atoms with Gasteiger partial charge in [0.2, 0.25) is 11.5 Å². The number of rotatable bonds is 8. The highest BCUT2D eigenvalue weighted by Gasteiger charge is 2.25. The maximum absolute atomic E-state index is 13.7. The van der Waals surface area contributed by atoms with Crippen LogP contribution in [0.2, 0.25) is 0 Å². The highest BCUT2D eigenvalue weighted by atomic mass is 16.5. The Bertz CT molecular complexity index is 1380. The van der Waals surface area contributed by atoms with Gasteiger partial charge >= 0.3 is 5.97 Å². The van der Waals surface area contributed by atoms with Crippen LogP contribution in [0, 0.1) is 6.92 Å². The summed E-state index contributed by atoms with van der Waals surface area (Å²) >= 11 is 0. The lowest BCUT2D eigenvalue weighted by Gasteiger charge is -2.13. The van der Waals surface area contributed by atoms with Crippen molar-refractivity contribution in [3.8, 4) is 28.5 Å². The average molecular weight is 475 g/mol. The van der Waals surface area contributed by atoms with E-state index in [9.17, 15) is 9.59 Å². The van der Waals surface area contributed by atoms with E-state index in [1.165, 1.54) is 31.9 Å². The molecule has 0 radical (unpaired) electrons. The third kappa shape index (κ3) is 4.42. The normalized spacial score (nSPS) is 10.8. The van der Waals surface area contributed by atoms with Crippen LogP contribution in [-0.2, 0) is 4.74 Å². The minimum Gasteiger partial charge on any atom is -0.493 e. The molecule has 0 bridgehead atoms. The van der Waals surface area contributed by atoms with Gasteiger partial charge in [0, 0.05) is 11.1 Å². The summed E-state index contributed by atoms with van der Waals surface area (Å²) in [5.41, 5.74) is 3.88. The highest BCUT2D eigenvalue weighted by Crippen LogP contribution is 2.39. The summed E-state index contributed by atoms with van der Waals surface area (Å²) in [7, 11) is 4.45. The van der Waals surface area contributed by atoms with E-state index in [4.69, 9.17) is 24.0 Å². The molecule has 180 valence electrons. The molecule has 0 aliphatic heterocycles. The second kappa shape index (κ2) is 9.89. The zero-order valence-corrected chi connectivity index (χ0v) is 20.2. The molecular formula is C27H26N2O6. The van der Waals surface area contributed by atoms with Crippen LogP contribution in [-0.4, -0.2) is 49.3 Å². The number of hydrogen-bond donors (Lipinski definition) is 0. The highest BCUT2D eigenvalue weighted by molar-refractivity contribution is 6.11. The summed E-state index contributed by atoms with van der Waals surface area (Å²) < 4.78 is 22.9. The third-order valence-electron chi connectivity index (χ3n) is 5.62. The van der Waals surface area contributed by atoms with Crippen LogP contribution in [0.25, 0.3) is 16.8 Å². The number of carbonyl (C=O) groups excluding carboxylic acids is 2. The van der Waals surface area contributed by atoms with E-state index < -0.39 is 5.97 Å². The summed E-state index contributed by atoms with van der Waals surface area (Å²) in [6.07, 6.45) is 0. The van der Waals surface area contributed by atoms with Crippen molar-refractivity contribution in [3.63, 3.8) is 0 Å². The molecular weight excluding hydrogens is 448 g/mol. The van der Waals surface area contributed by atoms with Gasteiger partial charge in [-0.25, -0.2) is 9.31 Å². The number of nitrogens with zero attached hydrogens (tertiary/aromatic N) is 2. The van der Waals surface area contributed by atoms with Crippen LogP contribution in [0.3, 0.4) is 0 Å². The molecule has 4 rings (SSSR count). The predicted molar refractivity (Wildman–Crippen MR) is 131 cm³/mol. The van der Waals surface area contributed by atoms with Gasteiger partial charge in [-0.15, -0.1) is 0 Å². The van der Waals surface area contributed by atoms with Crippen molar-refractivity contribution >= 4 is 17.3 Å². The molecule has 0 atom stereocenters. The van der Waals surface area contributed by atoms with E-state index in [0.29, 0.717) is 28.5 Å². The summed E-state index contributed by atoms with van der Waals surface area (Å²) in [4.78, 5) is 26.4. The summed E-state index contributed by atoms with van der Waals surface area (Å²) in [6, 6.07) is 16.1. The number of ether oxygens (including phenoxy) is 4. The van der Waals surface area contributed by atoms with E-state index in [2.05, 4.69) is 0 Å². The Balaban J connectivity index is 1.91. The lowest BCUT2D eigenvalue weighted by molar-refractivity contribution is 0.0528. The molecule has 0 amide bonds. The standard InChI is InChI=1S/C27H26N2O6/c1-6-35-27(31)19-15-22(25(30)18-13-23(32-3)26(34-5)24(14-18)33-4)29-21(19)12-11-20(28-29)17-9-7-16(2)8-10-17/h7-15H,6H2,1-5H3. The van der Waals surface area contributed by atoms with Crippen LogP contribution >= 0.6 is 0 Å². The Labute approximate surface area is 203 Å². The van der Waals surface area contributed by atoms with Gasteiger partial charge in [0.1, 0.15) is 5.69 Å². The van der Waals surface area contributed by atoms with Gasteiger partial charge in [0.15, 0.2) is 11.5 Å². The molecule has 2 aromatic carbocycles. The fraction of sp³-hybridized carbons (Fsp3) is 0.222. The first-order valence-corrected chi connectivity index (χ1v) is 11.0. The molecule has 8 heteroatoms. The molecule has 35 heavy (non-hydrogen) atoms. The van der Waals surface area contributed by atoms with Gasteiger partial charge in [-0.1, -0.05) is 29.8 Å². The van der Waals surface area contributed by atoms with Crippen LogP contribution in [0.15, 0.2) is 54.6 Å². The Kier molecular flexibility index (Phi) is 6.73. The molecule has 0 unspecified atom stereocenters. The Morgan fingerprint density at radius 1 is 0.886 bits per heavy atom. The van der Waals surface area contributed by atoms with Gasteiger partial charge < -0.3 is 18.9 Å². The zero-order chi connectivity index (χ0) is 25.1. The number of methoxy groups -OCH3 is 3. The van der Waals surface area contributed by atoms with Crippen molar-refractivity contribution < 1.29 is 28.5 Å². The quantitative estimate of drug-likeness (QED) is 0.269. The van der Waals surface area contributed by atoms with Gasteiger partial charge in [0.25, 0.3) is 0 Å². The molecule has 2 heterocycles. The SMILES string of the molecule is CCOC(=O)c1cc(C(=O)c2cc(OC)c(OC)c(OC)c2)n2nc(-c3ccc(C)cc3)ccc12. The molecule has 0 saturated heterocycles. The van der Waals surface area contributed by atoms with Crippen LogP contribution in [0.1, 0.15) is 38.9 Å². The zero-order valence-electron chi connectivity index (χ0n) is 20.2. The maximum Gasteiger partial charge on any atom is 0.340 e. The van der Waals surface area contributed by atoms with Crippen LogP contribution in [0.4, 0.5) is 0 Å². The summed E-state index contributed by atoms with van der Waals surface area (Å²) in [5, 5.41) is 4.70. The number of carbonyl (C=O) groups is 2. The predicted octanol–water partition coefficient (Wildman–Crippen LogP) is 4.74. The number of hydrogen-bond acceptors (Lipinski definition) is 7. The Hall–Kier alpha value is -4.33. The topological polar surface area (TPSA) is 88.4 Å². The fourth-order valence-electron chi connectivity index (χ4n) is 3.86. The number of benzene rings is 2. The van der Waals surface area contributed by atoms with E-state index in [-0.39, 0.29) is 29.2 Å². The van der Waals surface area contributed by atoms with Crippen molar-refractivity contribution in [3.05, 3.63) is 77.0 Å². The fourth-order valence-corrected chi connectivity index (χ4v) is 3.86. The lowest BCUT2D eigenvalue weighted by Crippen LogP contribution is -2.09. The Morgan fingerprint density at radius 3 is 2.11 bits per heavy atom. The first-order valence-electron chi connectivity index (χ1n) is 11.0. The van der Waals surface area contributed by atoms with Gasteiger partial charge in [-0.3, -0.25) is 4.79 Å². The van der Waals surface area contributed by atoms with Crippen molar-refractivity contribution in [1.82, 2.24) is 9.61 Å². The molecule has 4 aromatic rings. The summed E-state index contributed by atoms with van der Waals surface area (Å²) in [5.74, 6) is 0.158. The average Bonchev–Trinajstić information content (AvgIpc) is 3.26. The number of fused-ring (bicyclic) bond motifs is 1. The molecule has 2 aromatic heterocycles. The molecule has 0 fully saturated rings. The van der Waals surface area contributed by atoms with Crippen molar-refractivity contribution in [2.45, 2.75) is 13.8 Å².